The Morgan fingerprint density at radius 3 is 2.64 bits per heavy atom. The van der Waals surface area contributed by atoms with Crippen LogP contribution in [0.1, 0.15) is 28.6 Å². The van der Waals surface area contributed by atoms with Gasteiger partial charge in [0.25, 0.3) is 5.91 Å². The molecule has 3 rings (SSSR count). The Bertz CT molecular complexity index is 982. The molecule has 1 aromatic heterocycles. The minimum absolute atomic E-state index is 0.0496. The van der Waals surface area contributed by atoms with E-state index in [1.54, 1.807) is 12.1 Å². The highest BCUT2D eigenvalue weighted by atomic mass is 35.5. The molecule has 0 unspecified atom stereocenters. The van der Waals surface area contributed by atoms with Crippen molar-refractivity contribution < 1.29 is 23.5 Å². The number of ether oxygens (including phenoxy) is 2. The number of carbonyl (C=O) groups is 2. The summed E-state index contributed by atoms with van der Waals surface area (Å²) in [5.41, 5.74) is 1.95. The van der Waals surface area contributed by atoms with E-state index in [1.165, 1.54) is 0 Å². The van der Waals surface area contributed by atoms with Crippen LogP contribution >= 0.6 is 11.6 Å². The maximum atomic E-state index is 12.5. The second-order valence-electron chi connectivity index (χ2n) is 5.99. The van der Waals surface area contributed by atoms with Crippen LogP contribution in [0.5, 0.6) is 0 Å². The van der Waals surface area contributed by atoms with Crippen molar-refractivity contribution in [2.24, 2.45) is 0 Å². The van der Waals surface area contributed by atoms with Crippen LogP contribution in [0.4, 0.5) is 0 Å². The number of furan rings is 1. The molecule has 0 aliphatic heterocycles. The number of amides is 1. The Kier molecular flexibility index (Phi) is 6.68. The van der Waals surface area contributed by atoms with Crippen LogP contribution in [0, 0.1) is 0 Å². The molecule has 7 heteroatoms. The number of hydrogen-bond acceptors (Lipinski definition) is 5. The third-order valence-corrected chi connectivity index (χ3v) is 4.47. The minimum atomic E-state index is -0.709. The summed E-state index contributed by atoms with van der Waals surface area (Å²) in [7, 11) is 0. The molecule has 1 N–H and O–H groups in total. The fraction of sp³-hybridized carbons (Fsp3) is 0.238. The molecule has 0 spiro atoms. The maximum Gasteiger partial charge on any atom is 0.375 e. The number of carbonyl (C=O) groups excluding carboxylic acids is 2. The van der Waals surface area contributed by atoms with Crippen LogP contribution in [-0.4, -0.2) is 25.1 Å². The van der Waals surface area contributed by atoms with E-state index >= 15 is 0 Å². The quantitative estimate of drug-likeness (QED) is 0.575. The second kappa shape index (κ2) is 9.39. The largest absolute Gasteiger partial charge is 0.450 e. The lowest BCUT2D eigenvalue weighted by Crippen LogP contribution is -2.28. The van der Waals surface area contributed by atoms with E-state index in [9.17, 15) is 9.59 Å². The molecule has 28 heavy (non-hydrogen) atoms. The zero-order chi connectivity index (χ0) is 19.9. The first-order chi connectivity index (χ1) is 13.6. The summed E-state index contributed by atoms with van der Waals surface area (Å²) in [6, 6.07) is 14.5. The van der Waals surface area contributed by atoms with E-state index in [1.807, 2.05) is 43.3 Å². The fourth-order valence-corrected chi connectivity index (χ4v) is 2.90. The Balaban J connectivity index is 1.63. The fourth-order valence-electron chi connectivity index (χ4n) is 2.69. The number of esters is 1. The van der Waals surface area contributed by atoms with Crippen molar-refractivity contribution in [3.63, 3.8) is 0 Å². The highest BCUT2D eigenvalue weighted by Gasteiger charge is 2.22. The Labute approximate surface area is 167 Å². The number of hydrogen-bond donors (Lipinski definition) is 1. The SMILES string of the molecule is CCOCc1c(C(=O)OCC(=O)NCc2ccccc2Cl)oc2ccccc12. The summed E-state index contributed by atoms with van der Waals surface area (Å²) >= 11 is 6.05. The van der Waals surface area contributed by atoms with Crippen molar-refractivity contribution in [1.29, 1.82) is 0 Å². The van der Waals surface area contributed by atoms with Gasteiger partial charge in [-0.05, 0) is 24.6 Å². The number of nitrogens with one attached hydrogen (secondary N) is 1. The number of rotatable bonds is 8. The van der Waals surface area contributed by atoms with E-state index in [0.29, 0.717) is 22.8 Å². The van der Waals surface area contributed by atoms with Gasteiger partial charge in [0.05, 0.1) is 6.61 Å². The normalized spacial score (nSPS) is 10.8. The molecular weight excluding hydrogens is 382 g/mol. The van der Waals surface area contributed by atoms with E-state index in [4.69, 9.17) is 25.5 Å². The third-order valence-electron chi connectivity index (χ3n) is 4.10. The summed E-state index contributed by atoms with van der Waals surface area (Å²) in [4.78, 5) is 24.5. The van der Waals surface area contributed by atoms with Crippen molar-refractivity contribution in [3.05, 3.63) is 70.4 Å². The standard InChI is InChI=1S/C21H20ClNO5/c1-2-26-12-16-15-8-4-6-10-18(15)28-20(16)21(25)27-13-19(24)23-11-14-7-3-5-9-17(14)22/h3-10H,2,11-13H2,1H3,(H,23,24). The monoisotopic (exact) mass is 401 g/mol. The molecule has 146 valence electrons. The molecule has 2 aromatic carbocycles. The molecule has 0 aliphatic carbocycles. The predicted octanol–water partition coefficient (Wildman–Crippen LogP) is 4.10. The van der Waals surface area contributed by atoms with Gasteiger partial charge < -0.3 is 19.2 Å². The zero-order valence-corrected chi connectivity index (χ0v) is 16.1. The van der Waals surface area contributed by atoms with Crippen molar-refractivity contribution in [2.45, 2.75) is 20.1 Å². The molecule has 0 bridgehead atoms. The van der Waals surface area contributed by atoms with Crippen molar-refractivity contribution in [1.82, 2.24) is 5.32 Å². The van der Waals surface area contributed by atoms with Gasteiger partial charge in [0, 0.05) is 29.1 Å². The summed E-state index contributed by atoms with van der Waals surface area (Å²) in [5, 5.41) is 4.01. The number of fused-ring (bicyclic) bond motifs is 1. The molecule has 0 saturated heterocycles. The summed E-state index contributed by atoms with van der Waals surface area (Å²) in [6.45, 7) is 2.41. The zero-order valence-electron chi connectivity index (χ0n) is 15.4. The Morgan fingerprint density at radius 2 is 1.86 bits per heavy atom. The van der Waals surface area contributed by atoms with Crippen molar-refractivity contribution in [2.75, 3.05) is 13.2 Å². The number of halogens is 1. The lowest BCUT2D eigenvalue weighted by molar-refractivity contribution is -0.124. The van der Waals surface area contributed by atoms with Crippen LogP contribution in [0.25, 0.3) is 11.0 Å². The van der Waals surface area contributed by atoms with Crippen LogP contribution in [0.3, 0.4) is 0 Å². The van der Waals surface area contributed by atoms with Gasteiger partial charge in [0.15, 0.2) is 6.61 Å². The highest BCUT2D eigenvalue weighted by Crippen LogP contribution is 2.27. The lowest BCUT2D eigenvalue weighted by atomic mass is 10.1. The molecule has 6 nitrogen and oxygen atoms in total. The number of para-hydroxylation sites is 1. The molecule has 1 amide bonds. The molecule has 0 atom stereocenters. The minimum Gasteiger partial charge on any atom is -0.450 e. The van der Waals surface area contributed by atoms with E-state index in [0.717, 1.165) is 10.9 Å². The lowest BCUT2D eigenvalue weighted by Gasteiger charge is -2.08. The smallest absolute Gasteiger partial charge is 0.375 e. The molecule has 0 aliphatic rings. The van der Waals surface area contributed by atoms with Crippen molar-refractivity contribution >= 4 is 34.4 Å². The van der Waals surface area contributed by atoms with Gasteiger partial charge in [0.2, 0.25) is 5.76 Å². The van der Waals surface area contributed by atoms with E-state index in [-0.39, 0.29) is 18.9 Å². The highest BCUT2D eigenvalue weighted by molar-refractivity contribution is 6.31. The molecular formula is C21H20ClNO5. The Morgan fingerprint density at radius 1 is 1.11 bits per heavy atom. The second-order valence-corrected chi connectivity index (χ2v) is 6.39. The van der Waals surface area contributed by atoms with Crippen LogP contribution < -0.4 is 5.32 Å². The number of benzene rings is 2. The summed E-state index contributed by atoms with van der Waals surface area (Å²) < 4.78 is 16.2. The molecule has 0 saturated carbocycles. The summed E-state index contributed by atoms with van der Waals surface area (Å²) in [5.74, 6) is -1.09. The first-order valence-electron chi connectivity index (χ1n) is 8.85. The van der Waals surface area contributed by atoms with Crippen molar-refractivity contribution in [3.8, 4) is 0 Å². The summed E-state index contributed by atoms with van der Waals surface area (Å²) in [6.07, 6.45) is 0. The van der Waals surface area contributed by atoms with E-state index < -0.39 is 18.5 Å². The molecule has 0 radical (unpaired) electrons. The van der Waals surface area contributed by atoms with Gasteiger partial charge in [-0.1, -0.05) is 48.0 Å². The Hall–Kier alpha value is -2.83. The van der Waals surface area contributed by atoms with Crippen LogP contribution in [0.2, 0.25) is 5.02 Å². The first-order valence-corrected chi connectivity index (χ1v) is 9.23. The molecule has 1 heterocycles. The van der Waals surface area contributed by atoms with Gasteiger partial charge in [-0.2, -0.15) is 0 Å². The predicted molar refractivity (Wildman–Crippen MR) is 105 cm³/mol. The maximum absolute atomic E-state index is 12.5. The van der Waals surface area contributed by atoms with Gasteiger partial charge in [-0.15, -0.1) is 0 Å². The van der Waals surface area contributed by atoms with E-state index in [2.05, 4.69) is 5.32 Å². The van der Waals surface area contributed by atoms with Gasteiger partial charge in [-0.3, -0.25) is 4.79 Å². The third kappa shape index (κ3) is 4.71. The molecule has 3 aromatic rings. The first kappa shape index (κ1) is 19.9. The van der Waals surface area contributed by atoms with Crippen LogP contribution in [-0.2, 0) is 27.4 Å². The topological polar surface area (TPSA) is 77.8 Å². The molecule has 0 fully saturated rings. The average molecular weight is 402 g/mol. The van der Waals surface area contributed by atoms with Gasteiger partial charge in [-0.25, -0.2) is 4.79 Å². The van der Waals surface area contributed by atoms with Gasteiger partial charge >= 0.3 is 5.97 Å². The average Bonchev–Trinajstić information content (AvgIpc) is 3.08. The van der Waals surface area contributed by atoms with Gasteiger partial charge in [0.1, 0.15) is 5.58 Å². The van der Waals surface area contributed by atoms with Crippen LogP contribution in [0.15, 0.2) is 52.9 Å².